The van der Waals surface area contributed by atoms with Crippen LogP contribution in [-0.2, 0) is 14.8 Å². The van der Waals surface area contributed by atoms with Gasteiger partial charge in [-0.05, 0) is 48.9 Å². The number of anilines is 2. The van der Waals surface area contributed by atoms with Gasteiger partial charge in [0.1, 0.15) is 0 Å². The minimum Gasteiger partial charge on any atom is -0.369 e. The van der Waals surface area contributed by atoms with E-state index in [1.807, 2.05) is 25.1 Å². The number of hydrogen-bond donors (Lipinski definition) is 1. The van der Waals surface area contributed by atoms with Crippen LogP contribution in [0.15, 0.2) is 47.4 Å². The van der Waals surface area contributed by atoms with Gasteiger partial charge >= 0.3 is 0 Å². The summed E-state index contributed by atoms with van der Waals surface area (Å²) in [5.74, 6) is -0.196. The molecule has 0 aromatic heterocycles. The summed E-state index contributed by atoms with van der Waals surface area (Å²) in [5.41, 5.74) is 2.62. The normalized spacial score (nSPS) is 15.6. The first-order chi connectivity index (χ1) is 12.8. The first-order valence-electron chi connectivity index (χ1n) is 8.67. The van der Waals surface area contributed by atoms with Gasteiger partial charge in [-0.3, -0.25) is 4.79 Å². The standard InChI is InChI=1S/C19H22ClN3O3S/c1-14-18(20)4-3-5-19(14)22-10-12-23(13-11-22)27(25,26)17-8-6-16(7-9-17)21-15(2)24/h3-9H,10-13H2,1-2H3,(H,21,24). The SMILES string of the molecule is CC(=O)Nc1ccc(S(=O)(=O)N2CCN(c3cccc(Cl)c3C)CC2)cc1. The molecule has 2 aromatic carbocycles. The lowest BCUT2D eigenvalue weighted by Gasteiger charge is -2.36. The van der Waals surface area contributed by atoms with Crippen LogP contribution in [0.5, 0.6) is 0 Å². The molecule has 2 aromatic rings. The van der Waals surface area contributed by atoms with Gasteiger partial charge in [0.15, 0.2) is 0 Å². The Morgan fingerprint density at radius 3 is 2.26 bits per heavy atom. The quantitative estimate of drug-likeness (QED) is 0.845. The van der Waals surface area contributed by atoms with Gasteiger partial charge in [-0.25, -0.2) is 8.42 Å². The Morgan fingerprint density at radius 1 is 1.04 bits per heavy atom. The van der Waals surface area contributed by atoms with Crippen LogP contribution < -0.4 is 10.2 Å². The number of piperazine rings is 1. The largest absolute Gasteiger partial charge is 0.369 e. The maximum absolute atomic E-state index is 12.9. The van der Waals surface area contributed by atoms with Gasteiger partial charge in [0.05, 0.1) is 4.90 Å². The summed E-state index contributed by atoms with van der Waals surface area (Å²) in [6.07, 6.45) is 0. The Balaban J connectivity index is 1.71. The Labute approximate surface area is 164 Å². The van der Waals surface area contributed by atoms with Crippen LogP contribution in [0.3, 0.4) is 0 Å². The number of carbonyl (C=O) groups is 1. The van der Waals surface area contributed by atoms with E-state index in [2.05, 4.69) is 10.2 Å². The minimum atomic E-state index is -3.56. The first-order valence-corrected chi connectivity index (χ1v) is 10.5. The molecule has 0 saturated carbocycles. The van der Waals surface area contributed by atoms with Crippen LogP contribution in [0.25, 0.3) is 0 Å². The minimum absolute atomic E-state index is 0.196. The van der Waals surface area contributed by atoms with Crippen molar-refractivity contribution in [3.05, 3.63) is 53.1 Å². The van der Waals surface area contributed by atoms with Crippen LogP contribution in [-0.4, -0.2) is 44.8 Å². The number of rotatable bonds is 4. The summed E-state index contributed by atoms with van der Waals surface area (Å²) in [7, 11) is -3.56. The number of benzene rings is 2. The van der Waals surface area contributed by atoms with Gasteiger partial charge in [-0.15, -0.1) is 0 Å². The third-order valence-electron chi connectivity index (χ3n) is 4.63. The molecule has 0 radical (unpaired) electrons. The second-order valence-electron chi connectivity index (χ2n) is 6.48. The van der Waals surface area contributed by atoms with Crippen LogP contribution in [0.2, 0.25) is 5.02 Å². The third-order valence-corrected chi connectivity index (χ3v) is 6.95. The molecule has 1 aliphatic rings. The summed E-state index contributed by atoms with van der Waals surface area (Å²) >= 11 is 6.20. The van der Waals surface area contributed by atoms with E-state index in [4.69, 9.17) is 11.6 Å². The molecule has 1 heterocycles. The van der Waals surface area contributed by atoms with E-state index in [1.54, 1.807) is 12.1 Å². The molecular formula is C19H22ClN3O3S. The molecule has 1 aliphatic heterocycles. The molecule has 144 valence electrons. The smallest absolute Gasteiger partial charge is 0.243 e. The molecule has 6 nitrogen and oxygen atoms in total. The summed E-state index contributed by atoms with van der Waals surface area (Å²) in [6.45, 7) is 5.39. The lowest BCUT2D eigenvalue weighted by molar-refractivity contribution is -0.114. The molecule has 1 N–H and O–H groups in total. The van der Waals surface area contributed by atoms with E-state index in [0.29, 0.717) is 36.9 Å². The second-order valence-corrected chi connectivity index (χ2v) is 8.83. The van der Waals surface area contributed by atoms with E-state index >= 15 is 0 Å². The van der Waals surface area contributed by atoms with Crippen molar-refractivity contribution in [2.75, 3.05) is 36.4 Å². The highest BCUT2D eigenvalue weighted by Crippen LogP contribution is 2.28. The zero-order valence-corrected chi connectivity index (χ0v) is 16.8. The van der Waals surface area contributed by atoms with Crippen molar-refractivity contribution in [3.63, 3.8) is 0 Å². The highest BCUT2D eigenvalue weighted by Gasteiger charge is 2.29. The molecule has 0 unspecified atom stereocenters. The number of sulfonamides is 1. The van der Waals surface area contributed by atoms with Crippen LogP contribution >= 0.6 is 11.6 Å². The predicted molar refractivity (Wildman–Crippen MR) is 108 cm³/mol. The predicted octanol–water partition coefficient (Wildman–Crippen LogP) is 3.12. The molecule has 1 amide bonds. The Kier molecular flexibility index (Phi) is 5.74. The van der Waals surface area contributed by atoms with Crippen LogP contribution in [0.4, 0.5) is 11.4 Å². The van der Waals surface area contributed by atoms with E-state index in [-0.39, 0.29) is 10.8 Å². The van der Waals surface area contributed by atoms with E-state index in [0.717, 1.165) is 11.3 Å². The molecule has 1 fully saturated rings. The van der Waals surface area contributed by atoms with Crippen molar-refractivity contribution < 1.29 is 13.2 Å². The lowest BCUT2D eigenvalue weighted by atomic mass is 10.1. The maximum atomic E-state index is 12.9. The topological polar surface area (TPSA) is 69.7 Å². The van der Waals surface area contributed by atoms with Crippen LogP contribution in [0, 0.1) is 6.92 Å². The highest BCUT2D eigenvalue weighted by atomic mass is 35.5. The molecule has 0 atom stereocenters. The van der Waals surface area contributed by atoms with Crippen LogP contribution in [0.1, 0.15) is 12.5 Å². The van der Waals surface area contributed by atoms with Gasteiger partial charge in [-0.2, -0.15) is 4.31 Å². The summed E-state index contributed by atoms with van der Waals surface area (Å²) in [5, 5.41) is 3.34. The monoisotopic (exact) mass is 407 g/mol. The van der Waals surface area contributed by atoms with Crippen molar-refractivity contribution in [2.45, 2.75) is 18.7 Å². The molecule has 8 heteroatoms. The first kappa shape index (κ1) is 19.7. The Morgan fingerprint density at radius 2 is 1.67 bits per heavy atom. The van der Waals surface area contributed by atoms with E-state index in [9.17, 15) is 13.2 Å². The fourth-order valence-corrected chi connectivity index (χ4v) is 4.76. The third kappa shape index (κ3) is 4.26. The van der Waals surface area contributed by atoms with Crippen molar-refractivity contribution >= 4 is 38.9 Å². The molecule has 0 aliphatic carbocycles. The average molecular weight is 408 g/mol. The molecular weight excluding hydrogens is 386 g/mol. The number of amides is 1. The number of hydrogen-bond acceptors (Lipinski definition) is 4. The molecule has 0 spiro atoms. The molecule has 1 saturated heterocycles. The second kappa shape index (κ2) is 7.88. The van der Waals surface area contributed by atoms with Crippen molar-refractivity contribution in [1.29, 1.82) is 0 Å². The zero-order valence-electron chi connectivity index (χ0n) is 15.3. The lowest BCUT2D eigenvalue weighted by Crippen LogP contribution is -2.48. The van der Waals surface area contributed by atoms with Gasteiger partial charge in [0.2, 0.25) is 15.9 Å². The van der Waals surface area contributed by atoms with Crippen molar-refractivity contribution in [1.82, 2.24) is 4.31 Å². The van der Waals surface area contributed by atoms with Gasteiger partial charge in [-0.1, -0.05) is 17.7 Å². The molecule has 0 bridgehead atoms. The van der Waals surface area contributed by atoms with Gasteiger partial charge in [0, 0.05) is 49.5 Å². The van der Waals surface area contributed by atoms with Gasteiger partial charge in [0.25, 0.3) is 0 Å². The summed E-state index contributed by atoms with van der Waals surface area (Å²) in [6, 6.07) is 12.0. The summed E-state index contributed by atoms with van der Waals surface area (Å²) < 4.78 is 27.3. The average Bonchev–Trinajstić information content (AvgIpc) is 2.64. The summed E-state index contributed by atoms with van der Waals surface area (Å²) in [4.78, 5) is 13.5. The van der Waals surface area contributed by atoms with Crippen molar-refractivity contribution in [3.8, 4) is 0 Å². The van der Waals surface area contributed by atoms with Crippen molar-refractivity contribution in [2.24, 2.45) is 0 Å². The number of carbonyl (C=O) groups excluding carboxylic acids is 1. The van der Waals surface area contributed by atoms with E-state index in [1.165, 1.54) is 23.4 Å². The number of nitrogens with zero attached hydrogens (tertiary/aromatic N) is 2. The Hall–Kier alpha value is -2.09. The molecule has 27 heavy (non-hydrogen) atoms. The highest BCUT2D eigenvalue weighted by molar-refractivity contribution is 7.89. The number of halogens is 1. The fraction of sp³-hybridized carbons (Fsp3) is 0.316. The fourth-order valence-electron chi connectivity index (χ4n) is 3.17. The number of nitrogens with one attached hydrogen (secondary N) is 1. The maximum Gasteiger partial charge on any atom is 0.243 e. The van der Waals surface area contributed by atoms with Gasteiger partial charge < -0.3 is 10.2 Å². The molecule has 3 rings (SSSR count). The van der Waals surface area contributed by atoms with E-state index < -0.39 is 10.0 Å². The Bertz CT molecular complexity index is 937. The zero-order chi connectivity index (χ0) is 19.6.